The molecule has 30 heavy (non-hydrogen) atoms. The summed E-state index contributed by atoms with van der Waals surface area (Å²) in [6, 6.07) is 13.6. The molecule has 1 fully saturated rings. The molecule has 3 rings (SSSR count). The number of rotatable bonds is 8. The van der Waals surface area contributed by atoms with Crippen LogP contribution in [0.3, 0.4) is 0 Å². The zero-order valence-corrected chi connectivity index (χ0v) is 18.2. The Balaban J connectivity index is 1.60. The van der Waals surface area contributed by atoms with Gasteiger partial charge in [-0.15, -0.1) is 0 Å². The molecule has 0 radical (unpaired) electrons. The summed E-state index contributed by atoms with van der Waals surface area (Å²) in [5.41, 5.74) is 2.96. The lowest BCUT2D eigenvalue weighted by Crippen LogP contribution is -3.12. The van der Waals surface area contributed by atoms with E-state index < -0.39 is 0 Å². The second-order valence-electron chi connectivity index (χ2n) is 7.53. The van der Waals surface area contributed by atoms with Crippen LogP contribution in [0.1, 0.15) is 12.5 Å². The summed E-state index contributed by atoms with van der Waals surface area (Å²) in [5.74, 6) is 1.39. The SMILES string of the molecule is COc1cccc(C[NH+](C)[C@@H](C)C(=O)Nc2ccc(N3CCOCC3)cc2)c1OC. The van der Waals surface area contributed by atoms with Crippen LogP contribution < -0.4 is 24.6 Å². The number of carbonyl (C=O) groups excluding carboxylic acids is 1. The molecule has 1 aliphatic heterocycles. The molecule has 162 valence electrons. The number of anilines is 2. The summed E-state index contributed by atoms with van der Waals surface area (Å²) in [5, 5.41) is 3.03. The van der Waals surface area contributed by atoms with E-state index >= 15 is 0 Å². The van der Waals surface area contributed by atoms with Crippen LogP contribution in [0.2, 0.25) is 0 Å². The normalized spacial score (nSPS) is 15.9. The Bertz CT molecular complexity index is 835. The van der Waals surface area contributed by atoms with E-state index in [0.717, 1.165) is 48.1 Å². The number of carbonyl (C=O) groups is 1. The molecule has 7 heteroatoms. The van der Waals surface area contributed by atoms with E-state index in [0.29, 0.717) is 18.0 Å². The molecule has 1 amide bonds. The molecule has 7 nitrogen and oxygen atoms in total. The fourth-order valence-corrected chi connectivity index (χ4v) is 3.60. The highest BCUT2D eigenvalue weighted by Gasteiger charge is 2.24. The van der Waals surface area contributed by atoms with Gasteiger partial charge in [0.05, 0.1) is 40.0 Å². The highest BCUT2D eigenvalue weighted by atomic mass is 16.5. The van der Waals surface area contributed by atoms with Crippen LogP contribution in [0, 0.1) is 0 Å². The standard InChI is InChI=1S/C23H31N3O4/c1-17(25(2)16-18-6-5-7-21(28-3)22(18)29-4)23(27)24-19-8-10-20(11-9-19)26-12-14-30-15-13-26/h5-11,17H,12-16H2,1-4H3,(H,24,27)/p+1/t17-/m0/s1. The van der Waals surface area contributed by atoms with E-state index in [9.17, 15) is 4.79 Å². The molecular weight excluding hydrogens is 382 g/mol. The fourth-order valence-electron chi connectivity index (χ4n) is 3.60. The molecule has 0 bridgehead atoms. The van der Waals surface area contributed by atoms with Crippen molar-refractivity contribution in [2.45, 2.75) is 19.5 Å². The summed E-state index contributed by atoms with van der Waals surface area (Å²) >= 11 is 0. The molecular formula is C23H32N3O4+. The minimum absolute atomic E-state index is 0.0199. The smallest absolute Gasteiger partial charge is 0.282 e. The first-order chi connectivity index (χ1) is 14.5. The first-order valence-electron chi connectivity index (χ1n) is 10.3. The van der Waals surface area contributed by atoms with Gasteiger partial charge in [-0.2, -0.15) is 0 Å². The molecule has 2 N–H and O–H groups in total. The Hall–Kier alpha value is -2.77. The lowest BCUT2D eigenvalue weighted by Gasteiger charge is -2.29. The second kappa shape index (κ2) is 10.3. The van der Waals surface area contributed by atoms with Crippen molar-refractivity contribution in [1.29, 1.82) is 0 Å². The van der Waals surface area contributed by atoms with Gasteiger partial charge in [0.25, 0.3) is 5.91 Å². The summed E-state index contributed by atoms with van der Waals surface area (Å²) < 4.78 is 16.3. The molecule has 1 aliphatic rings. The van der Waals surface area contributed by atoms with E-state index in [1.165, 1.54) is 0 Å². The predicted molar refractivity (Wildman–Crippen MR) is 118 cm³/mol. The lowest BCUT2D eigenvalue weighted by atomic mass is 10.1. The Labute approximate surface area is 178 Å². The topological polar surface area (TPSA) is 64.5 Å². The number of nitrogens with one attached hydrogen (secondary N) is 2. The monoisotopic (exact) mass is 414 g/mol. The number of methoxy groups -OCH3 is 2. The number of hydrogen-bond acceptors (Lipinski definition) is 5. The Kier molecular flexibility index (Phi) is 7.54. The summed E-state index contributed by atoms with van der Waals surface area (Å²) in [6.45, 7) is 5.87. The predicted octanol–water partition coefficient (Wildman–Crippen LogP) is 1.58. The van der Waals surface area contributed by atoms with E-state index in [1.807, 2.05) is 56.4 Å². The maximum Gasteiger partial charge on any atom is 0.282 e. The third-order valence-electron chi connectivity index (χ3n) is 5.60. The molecule has 0 aromatic heterocycles. The molecule has 0 saturated carbocycles. The highest BCUT2D eigenvalue weighted by molar-refractivity contribution is 5.93. The Morgan fingerprint density at radius 2 is 1.83 bits per heavy atom. The maximum atomic E-state index is 12.8. The number of benzene rings is 2. The molecule has 2 aromatic rings. The molecule has 0 aliphatic carbocycles. The van der Waals surface area contributed by atoms with Gasteiger partial charge in [-0.3, -0.25) is 4.79 Å². The minimum Gasteiger partial charge on any atom is -0.493 e. The highest BCUT2D eigenvalue weighted by Crippen LogP contribution is 2.30. The molecule has 2 aromatic carbocycles. The van der Waals surface area contributed by atoms with E-state index in [4.69, 9.17) is 14.2 Å². The van der Waals surface area contributed by atoms with Crippen LogP contribution in [0.25, 0.3) is 0 Å². The average Bonchev–Trinajstić information content (AvgIpc) is 2.79. The van der Waals surface area contributed by atoms with Crippen molar-refractivity contribution >= 4 is 17.3 Å². The second-order valence-corrected chi connectivity index (χ2v) is 7.53. The van der Waals surface area contributed by atoms with Crippen molar-refractivity contribution in [3.8, 4) is 11.5 Å². The average molecular weight is 415 g/mol. The van der Waals surface area contributed by atoms with E-state index in [-0.39, 0.29) is 11.9 Å². The quantitative estimate of drug-likeness (QED) is 0.687. The van der Waals surface area contributed by atoms with Crippen molar-refractivity contribution in [3.05, 3.63) is 48.0 Å². The van der Waals surface area contributed by atoms with Crippen LogP contribution in [-0.4, -0.2) is 59.5 Å². The Morgan fingerprint density at radius 3 is 2.47 bits per heavy atom. The van der Waals surface area contributed by atoms with Gasteiger partial charge in [-0.25, -0.2) is 0 Å². The van der Waals surface area contributed by atoms with Gasteiger partial charge in [-0.1, -0.05) is 6.07 Å². The van der Waals surface area contributed by atoms with Gasteiger partial charge in [0, 0.05) is 24.5 Å². The molecule has 1 saturated heterocycles. The van der Waals surface area contributed by atoms with E-state index in [1.54, 1.807) is 14.2 Å². The number of ether oxygens (including phenoxy) is 3. The molecule has 0 spiro atoms. The summed E-state index contributed by atoms with van der Waals surface area (Å²) in [4.78, 5) is 16.1. The first kappa shape index (κ1) is 21.9. The lowest BCUT2D eigenvalue weighted by molar-refractivity contribution is -0.907. The zero-order valence-electron chi connectivity index (χ0n) is 18.2. The zero-order chi connectivity index (χ0) is 21.5. The number of amides is 1. The third kappa shape index (κ3) is 5.23. The van der Waals surface area contributed by atoms with Crippen molar-refractivity contribution in [3.63, 3.8) is 0 Å². The number of nitrogens with zero attached hydrogens (tertiary/aromatic N) is 1. The first-order valence-corrected chi connectivity index (χ1v) is 10.3. The van der Waals surface area contributed by atoms with Crippen molar-refractivity contribution < 1.29 is 23.9 Å². The van der Waals surface area contributed by atoms with Crippen molar-refractivity contribution in [2.24, 2.45) is 0 Å². The van der Waals surface area contributed by atoms with Gasteiger partial charge in [0.15, 0.2) is 17.5 Å². The number of quaternary nitrogens is 1. The van der Waals surface area contributed by atoms with Crippen LogP contribution in [0.4, 0.5) is 11.4 Å². The van der Waals surface area contributed by atoms with Gasteiger partial charge in [0.2, 0.25) is 0 Å². The minimum atomic E-state index is -0.236. The molecule has 2 atom stereocenters. The third-order valence-corrected chi connectivity index (χ3v) is 5.60. The molecule has 1 unspecified atom stereocenters. The van der Waals surface area contributed by atoms with Gasteiger partial charge in [0.1, 0.15) is 6.54 Å². The largest absolute Gasteiger partial charge is 0.493 e. The number of para-hydroxylation sites is 1. The van der Waals surface area contributed by atoms with Crippen LogP contribution in [0.15, 0.2) is 42.5 Å². The van der Waals surface area contributed by atoms with Crippen LogP contribution >= 0.6 is 0 Å². The van der Waals surface area contributed by atoms with Gasteiger partial charge in [-0.05, 0) is 43.3 Å². The number of morpholine rings is 1. The van der Waals surface area contributed by atoms with Gasteiger partial charge >= 0.3 is 0 Å². The van der Waals surface area contributed by atoms with Crippen LogP contribution in [-0.2, 0) is 16.1 Å². The van der Waals surface area contributed by atoms with Crippen molar-refractivity contribution in [1.82, 2.24) is 0 Å². The number of likely N-dealkylation sites (N-methyl/N-ethyl adjacent to an activating group) is 1. The summed E-state index contributed by atoms with van der Waals surface area (Å²) in [7, 11) is 5.26. The van der Waals surface area contributed by atoms with Crippen molar-refractivity contribution in [2.75, 3.05) is 57.8 Å². The fraction of sp³-hybridized carbons (Fsp3) is 0.435. The maximum absolute atomic E-state index is 12.8. The van der Waals surface area contributed by atoms with E-state index in [2.05, 4.69) is 10.2 Å². The summed E-state index contributed by atoms with van der Waals surface area (Å²) in [6.07, 6.45) is 0. The van der Waals surface area contributed by atoms with Gasteiger partial charge < -0.3 is 29.3 Å². The number of hydrogen-bond donors (Lipinski definition) is 2. The Morgan fingerprint density at radius 1 is 1.13 bits per heavy atom. The van der Waals surface area contributed by atoms with Crippen LogP contribution in [0.5, 0.6) is 11.5 Å². The molecule has 1 heterocycles.